The number of ether oxygens (including phenoxy) is 1. The number of nitrogens with one attached hydrogen (secondary N) is 3. The van der Waals surface area contributed by atoms with Crippen LogP contribution in [0, 0.1) is 0 Å². The maximum Gasteiger partial charge on any atom is 0.341 e. The molecule has 3 aromatic rings. The summed E-state index contributed by atoms with van der Waals surface area (Å²) in [7, 11) is 0. The number of phenols is 1. The summed E-state index contributed by atoms with van der Waals surface area (Å²) in [5.41, 5.74) is 2.97. The van der Waals surface area contributed by atoms with Crippen LogP contribution >= 0.6 is 23.6 Å². The Bertz CT molecular complexity index is 1110. The van der Waals surface area contributed by atoms with E-state index in [-0.39, 0.29) is 28.9 Å². The number of thiocarbonyl (C=S) groups is 1. The van der Waals surface area contributed by atoms with Crippen molar-refractivity contribution in [1.29, 1.82) is 0 Å². The number of carbonyl (C=O) groups excluding carboxylic acids is 2. The fourth-order valence-electron chi connectivity index (χ4n) is 2.64. The second-order valence-electron chi connectivity index (χ2n) is 6.33. The first kappa shape index (κ1) is 22.2. The monoisotopic (exact) mass is 456 g/mol. The summed E-state index contributed by atoms with van der Waals surface area (Å²) in [5, 5.41) is 21.5. The minimum atomic E-state index is -0.590. The van der Waals surface area contributed by atoms with Gasteiger partial charge in [-0.1, -0.05) is 12.1 Å². The van der Waals surface area contributed by atoms with E-state index >= 15 is 0 Å². The molecule has 8 nitrogen and oxygen atoms in total. The van der Waals surface area contributed by atoms with Gasteiger partial charge in [0, 0.05) is 35.3 Å². The molecule has 2 aromatic carbocycles. The molecular weight excluding hydrogens is 436 g/mol. The summed E-state index contributed by atoms with van der Waals surface area (Å²) in [6, 6.07) is 11.8. The van der Waals surface area contributed by atoms with E-state index in [4.69, 9.17) is 17.0 Å². The zero-order valence-electron chi connectivity index (χ0n) is 16.8. The van der Waals surface area contributed by atoms with E-state index in [2.05, 4.69) is 20.9 Å². The molecule has 0 radical (unpaired) electrons. The summed E-state index contributed by atoms with van der Waals surface area (Å²) >= 11 is 6.68. The standard InChI is InChI=1S/C21H20N4O4S2/c1-3-29-19(28)16-9-8-15(10-18(16)27)23-20(30)25-21-24-17(11-31-21)13-4-6-14(7-5-13)22-12(2)26/h4-11,27H,3H2,1-2H3,(H,22,26)(H2,23,24,25,30). The van der Waals surface area contributed by atoms with Gasteiger partial charge in [-0.2, -0.15) is 0 Å². The van der Waals surface area contributed by atoms with Gasteiger partial charge in [0.1, 0.15) is 11.3 Å². The van der Waals surface area contributed by atoms with Crippen LogP contribution in [0.25, 0.3) is 11.3 Å². The molecule has 1 amide bonds. The van der Waals surface area contributed by atoms with Crippen LogP contribution in [0.5, 0.6) is 5.75 Å². The van der Waals surface area contributed by atoms with Gasteiger partial charge in [0.05, 0.1) is 12.3 Å². The number of thiazole rings is 1. The van der Waals surface area contributed by atoms with Gasteiger partial charge < -0.3 is 25.8 Å². The van der Waals surface area contributed by atoms with Crippen LogP contribution in [0.2, 0.25) is 0 Å². The van der Waals surface area contributed by atoms with Crippen molar-refractivity contribution in [2.24, 2.45) is 0 Å². The van der Waals surface area contributed by atoms with Crippen molar-refractivity contribution in [3.05, 3.63) is 53.4 Å². The molecule has 4 N–H and O–H groups in total. The zero-order valence-corrected chi connectivity index (χ0v) is 18.4. The molecule has 3 rings (SSSR count). The maximum atomic E-state index is 11.8. The second kappa shape index (κ2) is 10.0. The minimum Gasteiger partial charge on any atom is -0.507 e. The van der Waals surface area contributed by atoms with E-state index in [0.717, 1.165) is 11.3 Å². The first-order valence-corrected chi connectivity index (χ1v) is 10.6. The third-order valence-electron chi connectivity index (χ3n) is 3.98. The average Bonchev–Trinajstić information content (AvgIpc) is 3.16. The summed E-state index contributed by atoms with van der Waals surface area (Å²) < 4.78 is 4.89. The molecule has 0 saturated carbocycles. The Morgan fingerprint density at radius 2 is 1.81 bits per heavy atom. The predicted octanol–water partition coefficient (Wildman–Crippen LogP) is 4.46. The first-order chi connectivity index (χ1) is 14.9. The van der Waals surface area contributed by atoms with Crippen LogP contribution in [-0.4, -0.2) is 33.7 Å². The molecule has 0 fully saturated rings. The van der Waals surface area contributed by atoms with Crippen molar-refractivity contribution >= 4 is 57.0 Å². The quantitative estimate of drug-likeness (QED) is 0.318. The fraction of sp³-hybridized carbons (Fsp3) is 0.143. The molecule has 0 spiro atoms. The Balaban J connectivity index is 1.62. The molecule has 0 unspecified atom stereocenters. The van der Waals surface area contributed by atoms with Crippen LogP contribution in [-0.2, 0) is 9.53 Å². The molecule has 0 aliphatic carbocycles. The summed E-state index contributed by atoms with van der Waals surface area (Å²) in [5.74, 6) is -0.920. The molecule has 160 valence electrons. The van der Waals surface area contributed by atoms with Crippen molar-refractivity contribution in [1.82, 2.24) is 4.98 Å². The number of aromatic hydroxyl groups is 1. The number of rotatable bonds is 6. The smallest absolute Gasteiger partial charge is 0.341 e. The number of carbonyl (C=O) groups is 2. The molecule has 1 heterocycles. The average molecular weight is 457 g/mol. The van der Waals surface area contributed by atoms with Gasteiger partial charge in [-0.3, -0.25) is 4.79 Å². The van der Waals surface area contributed by atoms with Gasteiger partial charge in [-0.25, -0.2) is 9.78 Å². The highest BCUT2D eigenvalue weighted by Crippen LogP contribution is 2.27. The van der Waals surface area contributed by atoms with Gasteiger partial charge >= 0.3 is 5.97 Å². The van der Waals surface area contributed by atoms with Crippen molar-refractivity contribution in [2.75, 3.05) is 22.6 Å². The highest BCUT2D eigenvalue weighted by molar-refractivity contribution is 7.80. The highest BCUT2D eigenvalue weighted by Gasteiger charge is 2.13. The number of amides is 1. The topological polar surface area (TPSA) is 113 Å². The molecule has 1 aromatic heterocycles. The molecule has 31 heavy (non-hydrogen) atoms. The Morgan fingerprint density at radius 1 is 1.10 bits per heavy atom. The van der Waals surface area contributed by atoms with Crippen molar-refractivity contribution in [3.8, 4) is 17.0 Å². The number of hydrogen-bond acceptors (Lipinski definition) is 7. The zero-order chi connectivity index (χ0) is 22.4. The number of esters is 1. The molecule has 10 heteroatoms. The SMILES string of the molecule is CCOC(=O)c1ccc(NC(=S)Nc2nc(-c3ccc(NC(C)=O)cc3)cs2)cc1O. The Labute approximate surface area is 188 Å². The van der Waals surface area contributed by atoms with Crippen molar-refractivity contribution < 1.29 is 19.4 Å². The summed E-state index contributed by atoms with van der Waals surface area (Å²) in [4.78, 5) is 27.4. The number of hydrogen-bond donors (Lipinski definition) is 4. The normalized spacial score (nSPS) is 10.3. The largest absolute Gasteiger partial charge is 0.507 e. The van der Waals surface area contributed by atoms with Gasteiger partial charge in [0.2, 0.25) is 5.91 Å². The number of anilines is 3. The van der Waals surface area contributed by atoms with Gasteiger partial charge in [0.15, 0.2) is 10.2 Å². The van der Waals surface area contributed by atoms with E-state index in [9.17, 15) is 14.7 Å². The number of aromatic nitrogens is 1. The Kier molecular flexibility index (Phi) is 7.16. The van der Waals surface area contributed by atoms with Gasteiger partial charge in [0.25, 0.3) is 0 Å². The first-order valence-electron chi connectivity index (χ1n) is 9.27. The van der Waals surface area contributed by atoms with E-state index in [1.165, 1.54) is 30.4 Å². The maximum absolute atomic E-state index is 11.8. The van der Waals surface area contributed by atoms with E-state index in [1.54, 1.807) is 13.0 Å². The lowest BCUT2D eigenvalue weighted by atomic mass is 10.1. The third kappa shape index (κ3) is 6.00. The van der Waals surface area contributed by atoms with Crippen molar-refractivity contribution in [2.45, 2.75) is 13.8 Å². The Hall–Kier alpha value is -3.50. The molecule has 0 aliphatic rings. The van der Waals surface area contributed by atoms with Crippen LogP contribution in [0.4, 0.5) is 16.5 Å². The van der Waals surface area contributed by atoms with E-state index in [1.807, 2.05) is 29.6 Å². The highest BCUT2D eigenvalue weighted by atomic mass is 32.1. The van der Waals surface area contributed by atoms with Crippen LogP contribution in [0.1, 0.15) is 24.2 Å². The molecule has 0 aliphatic heterocycles. The van der Waals surface area contributed by atoms with Gasteiger partial charge in [-0.05, 0) is 43.4 Å². The third-order valence-corrected chi connectivity index (χ3v) is 4.94. The van der Waals surface area contributed by atoms with Crippen LogP contribution < -0.4 is 16.0 Å². The molecule has 0 atom stereocenters. The predicted molar refractivity (Wildman–Crippen MR) is 126 cm³/mol. The summed E-state index contributed by atoms with van der Waals surface area (Å²) in [6.07, 6.45) is 0. The van der Waals surface area contributed by atoms with Crippen LogP contribution in [0.3, 0.4) is 0 Å². The molecule has 0 bridgehead atoms. The van der Waals surface area contributed by atoms with Gasteiger partial charge in [-0.15, -0.1) is 11.3 Å². The number of benzene rings is 2. The molecule has 0 saturated heterocycles. The Morgan fingerprint density at radius 3 is 2.45 bits per heavy atom. The molecular formula is C21H20N4O4S2. The minimum absolute atomic E-state index is 0.0837. The van der Waals surface area contributed by atoms with E-state index < -0.39 is 5.97 Å². The van der Waals surface area contributed by atoms with Crippen molar-refractivity contribution in [3.63, 3.8) is 0 Å². The number of phenolic OH excluding ortho intramolecular Hbond substituents is 1. The van der Waals surface area contributed by atoms with E-state index in [0.29, 0.717) is 16.5 Å². The number of nitrogens with zero attached hydrogens (tertiary/aromatic N) is 1. The lowest BCUT2D eigenvalue weighted by Crippen LogP contribution is -2.19. The lowest BCUT2D eigenvalue weighted by Gasteiger charge is -2.10. The van der Waals surface area contributed by atoms with Crippen LogP contribution in [0.15, 0.2) is 47.8 Å². The fourth-order valence-corrected chi connectivity index (χ4v) is 3.64. The lowest BCUT2D eigenvalue weighted by molar-refractivity contribution is -0.114. The second-order valence-corrected chi connectivity index (χ2v) is 7.59. The summed E-state index contributed by atoms with van der Waals surface area (Å²) in [6.45, 7) is 3.38.